The van der Waals surface area contributed by atoms with E-state index in [1.54, 1.807) is 23.5 Å². The van der Waals surface area contributed by atoms with Gasteiger partial charge in [0.15, 0.2) is 0 Å². The molecule has 1 unspecified atom stereocenters. The van der Waals surface area contributed by atoms with Crippen molar-refractivity contribution in [2.45, 2.75) is 19.4 Å². The fraction of sp³-hybridized carbons (Fsp3) is 0.286. The van der Waals surface area contributed by atoms with Gasteiger partial charge in [-0.1, -0.05) is 17.7 Å². The first-order valence-corrected chi connectivity index (χ1v) is 6.97. The van der Waals surface area contributed by atoms with Crippen molar-refractivity contribution in [2.24, 2.45) is 0 Å². The second-order valence-electron chi connectivity index (χ2n) is 4.19. The molecule has 1 nitrogen and oxygen atoms in total. The third-order valence-corrected chi connectivity index (χ3v) is 4.39. The topological polar surface area (TPSA) is 12.0 Å². The molecule has 2 rings (SSSR count). The van der Waals surface area contributed by atoms with E-state index in [4.69, 9.17) is 11.6 Å². The standard InChI is InChI=1S/C14H15ClFNS/c1-9-6-7-14(18-9)13(17-2)8-10-11(15)4-3-5-12(10)16/h3-7,13,17H,8H2,1-2H3. The lowest BCUT2D eigenvalue weighted by atomic mass is 10.0. The minimum Gasteiger partial charge on any atom is -0.312 e. The number of nitrogens with one attached hydrogen (secondary N) is 1. The van der Waals surface area contributed by atoms with Crippen LogP contribution in [0.25, 0.3) is 0 Å². The van der Waals surface area contributed by atoms with Crippen LogP contribution in [-0.2, 0) is 6.42 Å². The zero-order chi connectivity index (χ0) is 13.1. The van der Waals surface area contributed by atoms with Crippen LogP contribution in [0.1, 0.15) is 21.4 Å². The molecule has 18 heavy (non-hydrogen) atoms. The lowest BCUT2D eigenvalue weighted by Crippen LogP contribution is -2.18. The highest BCUT2D eigenvalue weighted by atomic mass is 35.5. The van der Waals surface area contributed by atoms with Gasteiger partial charge in [-0.15, -0.1) is 11.3 Å². The Balaban J connectivity index is 2.26. The van der Waals surface area contributed by atoms with E-state index in [0.717, 1.165) is 0 Å². The molecule has 1 atom stereocenters. The fourth-order valence-electron chi connectivity index (χ4n) is 1.92. The maximum Gasteiger partial charge on any atom is 0.127 e. The van der Waals surface area contributed by atoms with Crippen LogP contribution in [0.5, 0.6) is 0 Å². The van der Waals surface area contributed by atoms with E-state index in [1.807, 2.05) is 7.05 Å². The molecule has 0 aliphatic rings. The number of aryl methyl sites for hydroxylation is 1. The van der Waals surface area contributed by atoms with Crippen LogP contribution in [-0.4, -0.2) is 7.05 Å². The van der Waals surface area contributed by atoms with Crippen molar-refractivity contribution in [3.05, 3.63) is 56.5 Å². The maximum absolute atomic E-state index is 13.8. The van der Waals surface area contributed by atoms with Gasteiger partial charge in [0.1, 0.15) is 5.82 Å². The molecule has 4 heteroatoms. The van der Waals surface area contributed by atoms with Crippen molar-refractivity contribution < 1.29 is 4.39 Å². The van der Waals surface area contributed by atoms with E-state index >= 15 is 0 Å². The fourth-order valence-corrected chi connectivity index (χ4v) is 3.14. The van der Waals surface area contributed by atoms with Gasteiger partial charge < -0.3 is 5.32 Å². The predicted octanol–water partition coefficient (Wildman–Crippen LogP) is 4.35. The lowest BCUT2D eigenvalue weighted by Gasteiger charge is -2.16. The first-order chi connectivity index (χ1) is 8.61. The molecule has 0 amide bonds. The quantitative estimate of drug-likeness (QED) is 0.879. The average molecular weight is 284 g/mol. The third kappa shape index (κ3) is 2.91. The molecule has 0 radical (unpaired) electrons. The summed E-state index contributed by atoms with van der Waals surface area (Å²) in [5, 5.41) is 3.71. The summed E-state index contributed by atoms with van der Waals surface area (Å²) in [5.41, 5.74) is 0.574. The first kappa shape index (κ1) is 13.5. The van der Waals surface area contributed by atoms with Gasteiger partial charge in [-0.2, -0.15) is 0 Å². The molecule has 0 saturated heterocycles. The van der Waals surface area contributed by atoms with Crippen molar-refractivity contribution in [3.8, 4) is 0 Å². The molecule has 1 aromatic heterocycles. The Labute approximate surface area is 116 Å². The van der Waals surface area contributed by atoms with Crippen molar-refractivity contribution in [1.29, 1.82) is 0 Å². The van der Waals surface area contributed by atoms with E-state index in [1.165, 1.54) is 15.8 Å². The Bertz CT molecular complexity index is 518. The molecular weight excluding hydrogens is 269 g/mol. The molecule has 2 aromatic rings. The Morgan fingerprint density at radius 1 is 1.33 bits per heavy atom. The van der Waals surface area contributed by atoms with Gasteiger partial charge in [-0.3, -0.25) is 0 Å². The third-order valence-electron chi connectivity index (χ3n) is 2.92. The second-order valence-corrected chi connectivity index (χ2v) is 5.92. The average Bonchev–Trinajstić information content (AvgIpc) is 2.76. The lowest BCUT2D eigenvalue weighted by molar-refractivity contribution is 0.560. The highest BCUT2D eigenvalue weighted by Gasteiger charge is 2.16. The van der Waals surface area contributed by atoms with Crippen LogP contribution < -0.4 is 5.32 Å². The highest BCUT2D eigenvalue weighted by Crippen LogP contribution is 2.29. The van der Waals surface area contributed by atoms with Gasteiger partial charge in [0.2, 0.25) is 0 Å². The summed E-state index contributed by atoms with van der Waals surface area (Å²) < 4.78 is 13.8. The van der Waals surface area contributed by atoms with Crippen LogP contribution in [0.3, 0.4) is 0 Å². The summed E-state index contributed by atoms with van der Waals surface area (Å²) in [6.07, 6.45) is 0.558. The number of hydrogen-bond acceptors (Lipinski definition) is 2. The van der Waals surface area contributed by atoms with Crippen molar-refractivity contribution >= 4 is 22.9 Å². The molecule has 0 aliphatic carbocycles. The van der Waals surface area contributed by atoms with Crippen LogP contribution >= 0.6 is 22.9 Å². The monoisotopic (exact) mass is 283 g/mol. The van der Waals surface area contributed by atoms with E-state index in [9.17, 15) is 4.39 Å². The number of benzene rings is 1. The van der Waals surface area contributed by atoms with E-state index < -0.39 is 0 Å². The van der Waals surface area contributed by atoms with Gasteiger partial charge in [-0.05, 0) is 44.7 Å². The van der Waals surface area contributed by atoms with Crippen LogP contribution in [0, 0.1) is 12.7 Å². The molecule has 0 spiro atoms. The smallest absolute Gasteiger partial charge is 0.127 e. The Morgan fingerprint density at radius 3 is 2.67 bits per heavy atom. The molecule has 0 aliphatic heterocycles. The van der Waals surface area contributed by atoms with Gasteiger partial charge in [-0.25, -0.2) is 4.39 Å². The van der Waals surface area contributed by atoms with Gasteiger partial charge >= 0.3 is 0 Å². The van der Waals surface area contributed by atoms with Gasteiger partial charge in [0.25, 0.3) is 0 Å². The van der Waals surface area contributed by atoms with E-state index in [2.05, 4.69) is 24.4 Å². The second kappa shape index (κ2) is 5.83. The zero-order valence-electron chi connectivity index (χ0n) is 10.3. The molecule has 1 N–H and O–H groups in total. The largest absolute Gasteiger partial charge is 0.312 e. The molecular formula is C14H15ClFNS. The van der Waals surface area contributed by atoms with Gasteiger partial charge in [0.05, 0.1) is 0 Å². The number of likely N-dealkylation sites (N-methyl/N-ethyl adjacent to an activating group) is 1. The number of hydrogen-bond donors (Lipinski definition) is 1. The van der Waals surface area contributed by atoms with Gasteiger partial charge in [0, 0.05) is 26.4 Å². The van der Waals surface area contributed by atoms with Crippen LogP contribution in [0.15, 0.2) is 30.3 Å². The number of rotatable bonds is 4. The summed E-state index contributed by atoms with van der Waals surface area (Å²) in [6, 6.07) is 9.06. The summed E-state index contributed by atoms with van der Waals surface area (Å²) in [5.74, 6) is -0.240. The Morgan fingerprint density at radius 2 is 2.11 bits per heavy atom. The summed E-state index contributed by atoms with van der Waals surface area (Å²) >= 11 is 7.78. The molecule has 0 bridgehead atoms. The van der Waals surface area contributed by atoms with Crippen molar-refractivity contribution in [1.82, 2.24) is 5.32 Å². The maximum atomic E-state index is 13.8. The molecule has 96 valence electrons. The predicted molar refractivity (Wildman–Crippen MR) is 76.0 cm³/mol. The SMILES string of the molecule is CNC(Cc1c(F)cccc1Cl)c1ccc(C)s1. The summed E-state index contributed by atoms with van der Waals surface area (Å²) in [6.45, 7) is 2.07. The van der Waals surface area contributed by atoms with E-state index in [0.29, 0.717) is 17.0 Å². The summed E-state index contributed by atoms with van der Waals surface area (Å²) in [4.78, 5) is 2.46. The summed E-state index contributed by atoms with van der Waals surface area (Å²) in [7, 11) is 1.88. The van der Waals surface area contributed by atoms with E-state index in [-0.39, 0.29) is 11.9 Å². The minimum absolute atomic E-state index is 0.0955. The minimum atomic E-state index is -0.240. The Hall–Kier alpha value is -0.900. The van der Waals surface area contributed by atoms with Crippen molar-refractivity contribution in [3.63, 3.8) is 0 Å². The first-order valence-electron chi connectivity index (χ1n) is 5.78. The molecule has 1 heterocycles. The highest BCUT2D eigenvalue weighted by molar-refractivity contribution is 7.12. The number of halogens is 2. The van der Waals surface area contributed by atoms with Crippen LogP contribution in [0.2, 0.25) is 5.02 Å². The zero-order valence-corrected chi connectivity index (χ0v) is 11.9. The molecule has 0 saturated carbocycles. The Kier molecular flexibility index (Phi) is 4.38. The van der Waals surface area contributed by atoms with Crippen molar-refractivity contribution in [2.75, 3.05) is 7.05 Å². The molecule has 1 aromatic carbocycles. The molecule has 0 fully saturated rings. The normalized spacial score (nSPS) is 12.7. The number of thiophene rings is 1. The van der Waals surface area contributed by atoms with Crippen LogP contribution in [0.4, 0.5) is 4.39 Å².